The van der Waals surface area contributed by atoms with E-state index in [0.717, 1.165) is 18.9 Å². The molecule has 0 bridgehead atoms. The van der Waals surface area contributed by atoms with Crippen molar-refractivity contribution in [3.63, 3.8) is 0 Å². The predicted molar refractivity (Wildman–Crippen MR) is 90.7 cm³/mol. The summed E-state index contributed by atoms with van der Waals surface area (Å²) in [6.45, 7) is 1.35. The normalized spacial score (nSPS) is 23.9. The quantitative estimate of drug-likeness (QED) is 0.678. The number of rotatable bonds is 5. The highest BCUT2D eigenvalue weighted by Crippen LogP contribution is 2.31. The first kappa shape index (κ1) is 18.8. The molecule has 0 unspecified atom stereocenters. The summed E-state index contributed by atoms with van der Waals surface area (Å²) in [4.78, 5) is 23.7. The van der Waals surface area contributed by atoms with E-state index in [4.69, 9.17) is 16.3 Å². The molecule has 1 aromatic rings. The summed E-state index contributed by atoms with van der Waals surface area (Å²) in [7, 11) is 0. The van der Waals surface area contributed by atoms with Crippen LogP contribution in [0.15, 0.2) is 12.1 Å². The second-order valence-corrected chi connectivity index (χ2v) is 6.93. The lowest BCUT2D eigenvalue weighted by Crippen LogP contribution is -2.45. The summed E-state index contributed by atoms with van der Waals surface area (Å²) in [5.74, 6) is -2.05. The molecular weight excluding hydrogens is 368 g/mol. The van der Waals surface area contributed by atoms with Gasteiger partial charge in [0.25, 0.3) is 0 Å². The Morgan fingerprint density at radius 3 is 2.88 bits per heavy atom. The van der Waals surface area contributed by atoms with E-state index in [1.54, 1.807) is 0 Å². The van der Waals surface area contributed by atoms with Crippen molar-refractivity contribution in [1.29, 1.82) is 0 Å². The third-order valence-corrected chi connectivity index (χ3v) is 5.02. The maximum absolute atomic E-state index is 14.5. The molecule has 2 aliphatic rings. The first-order chi connectivity index (χ1) is 12.5. The van der Waals surface area contributed by atoms with Crippen molar-refractivity contribution in [2.24, 2.45) is 5.92 Å². The van der Waals surface area contributed by atoms with E-state index in [9.17, 15) is 18.4 Å². The van der Waals surface area contributed by atoms with Crippen LogP contribution in [0.1, 0.15) is 30.9 Å². The first-order valence-electron chi connectivity index (χ1n) is 8.51. The van der Waals surface area contributed by atoms with Crippen molar-refractivity contribution in [1.82, 2.24) is 16.0 Å². The highest BCUT2D eigenvalue weighted by molar-refractivity contribution is 6.31. The van der Waals surface area contributed by atoms with E-state index in [0.29, 0.717) is 19.6 Å². The third-order valence-electron chi connectivity index (χ3n) is 4.67. The zero-order valence-corrected chi connectivity index (χ0v) is 14.7. The summed E-state index contributed by atoms with van der Waals surface area (Å²) in [5.41, 5.74) is 0.118. The van der Waals surface area contributed by atoms with Gasteiger partial charge in [-0.15, -0.1) is 0 Å². The Labute approximate surface area is 154 Å². The van der Waals surface area contributed by atoms with E-state index < -0.39 is 40.7 Å². The molecule has 0 aliphatic carbocycles. The number of nitrogens with one attached hydrogen (secondary N) is 3. The van der Waals surface area contributed by atoms with Crippen molar-refractivity contribution in [2.75, 3.05) is 19.8 Å². The van der Waals surface area contributed by atoms with Crippen molar-refractivity contribution in [3.8, 4) is 0 Å². The Kier molecular flexibility index (Phi) is 5.93. The number of hydrogen-bond acceptors (Lipinski definition) is 3. The van der Waals surface area contributed by atoms with Crippen molar-refractivity contribution < 1.29 is 23.1 Å². The van der Waals surface area contributed by atoms with Crippen LogP contribution in [0.5, 0.6) is 0 Å². The lowest BCUT2D eigenvalue weighted by molar-refractivity contribution is -0.123. The Hall–Kier alpha value is -1.93. The second-order valence-electron chi connectivity index (χ2n) is 6.55. The Bertz CT molecular complexity index is 698. The SMILES string of the molecule is O=C1NC[C@@H](C(=O)N[C@H](C[C@H]2CCCOC2)c2ccc(F)c(Cl)c2F)N1. The van der Waals surface area contributed by atoms with E-state index in [2.05, 4.69) is 16.0 Å². The van der Waals surface area contributed by atoms with Gasteiger partial charge >= 0.3 is 6.03 Å². The molecule has 0 radical (unpaired) electrons. The fraction of sp³-hybridized carbons (Fsp3) is 0.529. The van der Waals surface area contributed by atoms with Gasteiger partial charge in [-0.25, -0.2) is 13.6 Å². The zero-order chi connectivity index (χ0) is 18.7. The number of ether oxygens (including phenoxy) is 1. The molecule has 6 nitrogen and oxygen atoms in total. The smallest absolute Gasteiger partial charge is 0.315 e. The second kappa shape index (κ2) is 8.18. The molecule has 1 aromatic carbocycles. The standard InChI is InChI=1S/C17H20ClF2N3O3/c18-14-11(19)4-3-10(15(14)20)12(6-9-2-1-5-26-8-9)22-16(24)13-7-21-17(25)23-13/h3-4,9,12-13H,1-2,5-8H2,(H,22,24)(H2,21,23,25)/t9-,12-,13+/m1/s1. The minimum Gasteiger partial charge on any atom is -0.381 e. The predicted octanol–water partition coefficient (Wildman–Crippen LogP) is 2.27. The number of amides is 3. The van der Waals surface area contributed by atoms with Gasteiger partial charge in [0.1, 0.15) is 22.7 Å². The fourth-order valence-corrected chi connectivity index (χ4v) is 3.46. The number of hydrogen-bond donors (Lipinski definition) is 3. The molecule has 3 rings (SSSR count). The van der Waals surface area contributed by atoms with Crippen LogP contribution >= 0.6 is 11.6 Å². The summed E-state index contributed by atoms with van der Waals surface area (Å²) < 4.78 is 33.5. The Balaban J connectivity index is 1.80. The largest absolute Gasteiger partial charge is 0.381 e. The van der Waals surface area contributed by atoms with Crippen LogP contribution in [0.2, 0.25) is 5.02 Å². The fourth-order valence-electron chi connectivity index (χ4n) is 3.29. The number of carbonyl (C=O) groups excluding carboxylic acids is 2. The highest BCUT2D eigenvalue weighted by Gasteiger charge is 2.31. The molecule has 2 fully saturated rings. The van der Waals surface area contributed by atoms with Crippen LogP contribution in [0, 0.1) is 17.6 Å². The monoisotopic (exact) mass is 387 g/mol. The first-order valence-corrected chi connectivity index (χ1v) is 8.89. The summed E-state index contributed by atoms with van der Waals surface area (Å²) in [6.07, 6.45) is 2.21. The molecule has 3 amide bonds. The van der Waals surface area contributed by atoms with E-state index in [1.807, 2.05) is 0 Å². The van der Waals surface area contributed by atoms with Crippen LogP contribution in [0.4, 0.5) is 13.6 Å². The molecule has 3 atom stereocenters. The van der Waals surface area contributed by atoms with Gasteiger partial charge in [0.2, 0.25) is 5.91 Å². The average molecular weight is 388 g/mol. The molecule has 2 saturated heterocycles. The number of urea groups is 1. The van der Waals surface area contributed by atoms with Crippen LogP contribution in [-0.2, 0) is 9.53 Å². The summed E-state index contributed by atoms with van der Waals surface area (Å²) in [6, 6.07) is 0.488. The number of carbonyl (C=O) groups is 2. The minimum absolute atomic E-state index is 0.118. The molecule has 0 saturated carbocycles. The van der Waals surface area contributed by atoms with Gasteiger partial charge in [0.05, 0.1) is 6.04 Å². The lowest BCUT2D eigenvalue weighted by atomic mass is 9.90. The van der Waals surface area contributed by atoms with Crippen LogP contribution in [0.3, 0.4) is 0 Å². The zero-order valence-electron chi connectivity index (χ0n) is 14.0. The number of halogens is 3. The maximum atomic E-state index is 14.5. The van der Waals surface area contributed by atoms with E-state index >= 15 is 0 Å². The van der Waals surface area contributed by atoms with Gasteiger partial charge in [-0.05, 0) is 31.2 Å². The van der Waals surface area contributed by atoms with Gasteiger partial charge in [0.15, 0.2) is 0 Å². The summed E-state index contributed by atoms with van der Waals surface area (Å²) in [5, 5.41) is 7.14. The average Bonchev–Trinajstić information content (AvgIpc) is 3.07. The Morgan fingerprint density at radius 2 is 2.23 bits per heavy atom. The van der Waals surface area contributed by atoms with Gasteiger partial charge in [-0.2, -0.15) is 0 Å². The molecule has 26 heavy (non-hydrogen) atoms. The topological polar surface area (TPSA) is 79.5 Å². The van der Waals surface area contributed by atoms with Crippen LogP contribution < -0.4 is 16.0 Å². The molecule has 3 N–H and O–H groups in total. The van der Waals surface area contributed by atoms with Crippen LogP contribution in [-0.4, -0.2) is 37.7 Å². The van der Waals surface area contributed by atoms with Gasteiger partial charge in [-0.1, -0.05) is 17.7 Å². The Morgan fingerprint density at radius 1 is 1.42 bits per heavy atom. The molecule has 2 aliphatic heterocycles. The van der Waals surface area contributed by atoms with Crippen molar-refractivity contribution >= 4 is 23.5 Å². The highest BCUT2D eigenvalue weighted by atomic mass is 35.5. The minimum atomic E-state index is -0.887. The number of benzene rings is 1. The molecular formula is C17H20ClF2N3O3. The molecule has 0 aromatic heterocycles. The van der Waals surface area contributed by atoms with Gasteiger partial charge in [-0.3, -0.25) is 4.79 Å². The molecule has 0 spiro atoms. The van der Waals surface area contributed by atoms with Crippen molar-refractivity contribution in [2.45, 2.75) is 31.3 Å². The van der Waals surface area contributed by atoms with Crippen LogP contribution in [0.25, 0.3) is 0 Å². The maximum Gasteiger partial charge on any atom is 0.315 e. The van der Waals surface area contributed by atoms with Gasteiger partial charge < -0.3 is 20.7 Å². The molecule has 2 heterocycles. The van der Waals surface area contributed by atoms with Gasteiger partial charge in [0, 0.05) is 25.3 Å². The molecule has 142 valence electrons. The van der Waals surface area contributed by atoms with E-state index in [1.165, 1.54) is 6.07 Å². The van der Waals surface area contributed by atoms with E-state index in [-0.39, 0.29) is 18.0 Å². The lowest BCUT2D eigenvalue weighted by Gasteiger charge is -2.28. The molecule has 9 heteroatoms. The summed E-state index contributed by atoms with van der Waals surface area (Å²) >= 11 is 5.70. The van der Waals surface area contributed by atoms with Crippen molar-refractivity contribution in [3.05, 3.63) is 34.4 Å². The third kappa shape index (κ3) is 4.24.